The molecule has 0 amide bonds. The van der Waals surface area contributed by atoms with Crippen LogP contribution in [0.5, 0.6) is 0 Å². The van der Waals surface area contributed by atoms with Gasteiger partial charge in [0.2, 0.25) is 0 Å². The molecule has 5 heteroatoms. The number of hydrogen-bond acceptors (Lipinski definition) is 4. The van der Waals surface area contributed by atoms with Gasteiger partial charge in [-0.05, 0) is 45.7 Å². The summed E-state index contributed by atoms with van der Waals surface area (Å²) in [5.41, 5.74) is 0. The van der Waals surface area contributed by atoms with Crippen molar-refractivity contribution in [2.45, 2.75) is 32.7 Å². The van der Waals surface area contributed by atoms with E-state index in [1.54, 1.807) is 0 Å². The third-order valence-electron chi connectivity index (χ3n) is 4.78. The Hall–Kier alpha value is 0.944. The van der Waals surface area contributed by atoms with Crippen molar-refractivity contribution in [3.05, 3.63) is 0 Å². The first kappa shape index (κ1) is 19.0. The summed E-state index contributed by atoms with van der Waals surface area (Å²) < 4.78 is 0. The average Bonchev–Trinajstić information content (AvgIpc) is 2.42. The van der Waals surface area contributed by atoms with Crippen LogP contribution in [-0.2, 0) is 32.7 Å². The van der Waals surface area contributed by atoms with Gasteiger partial charge in [-0.15, -0.1) is 0 Å². The van der Waals surface area contributed by atoms with Gasteiger partial charge >= 0.3 is 0 Å². The molecule has 20 heavy (non-hydrogen) atoms. The summed E-state index contributed by atoms with van der Waals surface area (Å²) in [6.07, 6.45) is 2.74. The van der Waals surface area contributed by atoms with Crippen molar-refractivity contribution in [2.75, 3.05) is 59.0 Å². The molecule has 4 nitrogen and oxygen atoms in total. The fourth-order valence-electron chi connectivity index (χ4n) is 3.35. The van der Waals surface area contributed by atoms with Crippen molar-refractivity contribution in [2.24, 2.45) is 5.92 Å². The second-order valence-corrected chi connectivity index (χ2v) is 6.44. The van der Waals surface area contributed by atoms with Crippen molar-refractivity contribution in [1.82, 2.24) is 14.7 Å². The number of aliphatic hydroxyl groups is 1. The number of piperazine rings is 1. The molecule has 115 valence electrons. The van der Waals surface area contributed by atoms with Gasteiger partial charge in [0.05, 0.1) is 6.61 Å². The van der Waals surface area contributed by atoms with Gasteiger partial charge in [0.15, 0.2) is 0 Å². The predicted molar refractivity (Wildman–Crippen MR) is 79.4 cm³/mol. The van der Waals surface area contributed by atoms with Gasteiger partial charge in [-0.3, -0.25) is 4.90 Å². The number of rotatable bonds is 5. The van der Waals surface area contributed by atoms with E-state index >= 15 is 0 Å². The van der Waals surface area contributed by atoms with Gasteiger partial charge in [-0.2, -0.15) is 0 Å². The molecule has 0 aromatic heterocycles. The van der Waals surface area contributed by atoms with Crippen LogP contribution >= 0.6 is 0 Å². The number of hydrogen-bond donors (Lipinski definition) is 1. The second-order valence-electron chi connectivity index (χ2n) is 6.44. The number of aliphatic hydroxyl groups excluding tert-OH is 1. The molecule has 2 rings (SSSR count). The summed E-state index contributed by atoms with van der Waals surface area (Å²) in [7, 11) is 0. The molecule has 2 heterocycles. The molecule has 2 saturated heterocycles. The molecule has 0 aliphatic carbocycles. The monoisotopic (exact) mass is 358 g/mol. The van der Waals surface area contributed by atoms with Crippen molar-refractivity contribution in [3.63, 3.8) is 0 Å². The van der Waals surface area contributed by atoms with E-state index in [2.05, 4.69) is 28.5 Å². The van der Waals surface area contributed by atoms with Gasteiger partial charge in [0.1, 0.15) is 0 Å². The van der Waals surface area contributed by atoms with Crippen LogP contribution in [0, 0.1) is 5.92 Å². The number of likely N-dealkylation sites (tertiary alicyclic amines) is 1. The normalized spacial score (nSPS) is 24.0. The standard InChI is InChI=1S/C15H31N3O.Y/c1-14(2)18-5-3-15(4-6-18)13-17-9-7-16(8-10-17)11-12-19;/h14-15,19H,3-13H2,1-2H3;. The molecule has 2 aliphatic heterocycles. The van der Waals surface area contributed by atoms with E-state index in [0.29, 0.717) is 12.6 Å². The molecule has 0 aromatic rings. The number of β-amino-alcohol motifs (C(OH)–C–C–N with tert-alkyl or cyclic N) is 1. The van der Waals surface area contributed by atoms with Gasteiger partial charge < -0.3 is 14.9 Å². The fourth-order valence-corrected chi connectivity index (χ4v) is 3.35. The van der Waals surface area contributed by atoms with Crippen molar-refractivity contribution >= 4 is 0 Å². The molecule has 1 radical (unpaired) electrons. The van der Waals surface area contributed by atoms with Gasteiger partial charge in [-0.25, -0.2) is 0 Å². The van der Waals surface area contributed by atoms with Crippen LogP contribution in [-0.4, -0.2) is 84.8 Å². The van der Waals surface area contributed by atoms with Gasteiger partial charge in [0, 0.05) is 78.0 Å². The van der Waals surface area contributed by atoms with Crippen LogP contribution in [0.1, 0.15) is 26.7 Å². The van der Waals surface area contributed by atoms with E-state index in [4.69, 9.17) is 5.11 Å². The quantitative estimate of drug-likeness (QED) is 0.784. The van der Waals surface area contributed by atoms with Crippen LogP contribution in [0.4, 0.5) is 0 Å². The summed E-state index contributed by atoms with van der Waals surface area (Å²) in [6.45, 7) is 14.2. The summed E-state index contributed by atoms with van der Waals surface area (Å²) in [6, 6.07) is 0.711. The molecule has 0 spiro atoms. The van der Waals surface area contributed by atoms with Crippen molar-refractivity contribution in [1.29, 1.82) is 0 Å². The maximum absolute atomic E-state index is 8.96. The number of piperidine rings is 1. The average molecular weight is 358 g/mol. The van der Waals surface area contributed by atoms with E-state index in [9.17, 15) is 0 Å². The van der Waals surface area contributed by atoms with Crippen LogP contribution in [0.2, 0.25) is 0 Å². The van der Waals surface area contributed by atoms with Crippen molar-refractivity contribution in [3.8, 4) is 0 Å². The van der Waals surface area contributed by atoms with Crippen LogP contribution in [0.3, 0.4) is 0 Å². The predicted octanol–water partition coefficient (Wildman–Crippen LogP) is 0.714. The minimum absolute atomic E-state index is 0. The summed E-state index contributed by atoms with van der Waals surface area (Å²) in [5.74, 6) is 0.902. The van der Waals surface area contributed by atoms with E-state index < -0.39 is 0 Å². The minimum Gasteiger partial charge on any atom is -0.395 e. The Morgan fingerprint density at radius 1 is 0.950 bits per heavy atom. The Morgan fingerprint density at radius 3 is 2.00 bits per heavy atom. The summed E-state index contributed by atoms with van der Waals surface area (Å²) >= 11 is 0. The molecule has 0 unspecified atom stereocenters. The fraction of sp³-hybridized carbons (Fsp3) is 1.00. The molecule has 0 bridgehead atoms. The van der Waals surface area contributed by atoms with Gasteiger partial charge in [0.25, 0.3) is 0 Å². The zero-order valence-corrected chi connectivity index (χ0v) is 16.1. The maximum atomic E-state index is 8.96. The molecule has 0 atom stereocenters. The maximum Gasteiger partial charge on any atom is 0.0558 e. The molecule has 2 aliphatic rings. The van der Waals surface area contributed by atoms with Crippen molar-refractivity contribution < 1.29 is 37.8 Å². The van der Waals surface area contributed by atoms with Gasteiger partial charge in [-0.1, -0.05) is 0 Å². The van der Waals surface area contributed by atoms with Crippen LogP contribution < -0.4 is 0 Å². The van der Waals surface area contributed by atoms with Crippen LogP contribution in [0.15, 0.2) is 0 Å². The SMILES string of the molecule is CC(C)N1CCC(CN2CCN(CCO)CC2)CC1.[Y]. The van der Waals surface area contributed by atoms with Crippen LogP contribution in [0.25, 0.3) is 0 Å². The molecule has 1 N–H and O–H groups in total. The van der Waals surface area contributed by atoms with E-state index in [0.717, 1.165) is 25.6 Å². The first-order chi connectivity index (χ1) is 9.19. The third kappa shape index (κ3) is 5.98. The zero-order chi connectivity index (χ0) is 13.7. The van der Waals surface area contributed by atoms with E-state index in [1.165, 1.54) is 45.6 Å². The number of nitrogens with zero attached hydrogens (tertiary/aromatic N) is 3. The third-order valence-corrected chi connectivity index (χ3v) is 4.78. The Bertz CT molecular complexity index is 250. The molecule has 0 saturated carbocycles. The topological polar surface area (TPSA) is 30.0 Å². The molecular weight excluding hydrogens is 327 g/mol. The Labute approximate surface area is 149 Å². The zero-order valence-electron chi connectivity index (χ0n) is 13.3. The Balaban J connectivity index is 0.00000200. The minimum atomic E-state index is 0. The molecule has 0 aromatic carbocycles. The second kappa shape index (κ2) is 9.86. The first-order valence-corrected chi connectivity index (χ1v) is 7.98. The Morgan fingerprint density at radius 2 is 1.50 bits per heavy atom. The molecular formula is C15H31N3OY. The van der Waals surface area contributed by atoms with E-state index in [1.807, 2.05) is 0 Å². The molecule has 2 fully saturated rings. The summed E-state index contributed by atoms with van der Waals surface area (Å²) in [5, 5.41) is 8.96. The van der Waals surface area contributed by atoms with E-state index in [-0.39, 0.29) is 32.7 Å². The smallest absolute Gasteiger partial charge is 0.0558 e. The Kier molecular flexibility index (Phi) is 9.36. The first-order valence-electron chi connectivity index (χ1n) is 7.98. The largest absolute Gasteiger partial charge is 0.395 e. The summed E-state index contributed by atoms with van der Waals surface area (Å²) in [4.78, 5) is 7.61.